The Morgan fingerprint density at radius 2 is 2.00 bits per heavy atom. The third-order valence-electron chi connectivity index (χ3n) is 5.40. The lowest BCUT2D eigenvalue weighted by Gasteiger charge is -2.40. The van der Waals surface area contributed by atoms with Gasteiger partial charge in [0, 0.05) is 19.5 Å². The standard InChI is InChI=1S/C17H31NOS/c1-2-6-15-7-8-16(19)18(12-9-15)13-17(14-20)10-4-3-5-11-17/h15,20H,2-14H2,1H3. The van der Waals surface area contributed by atoms with Crippen LogP contribution in [0.2, 0.25) is 0 Å². The molecule has 0 aromatic rings. The summed E-state index contributed by atoms with van der Waals surface area (Å²) in [4.78, 5) is 14.6. The summed E-state index contributed by atoms with van der Waals surface area (Å²) in [6.07, 6.45) is 12.2. The van der Waals surface area contributed by atoms with Gasteiger partial charge in [-0.1, -0.05) is 39.0 Å². The first-order valence-corrected chi connectivity index (χ1v) is 9.21. The van der Waals surface area contributed by atoms with Crippen molar-refractivity contribution in [3.63, 3.8) is 0 Å². The van der Waals surface area contributed by atoms with E-state index in [2.05, 4.69) is 24.5 Å². The van der Waals surface area contributed by atoms with Crippen molar-refractivity contribution in [3.8, 4) is 0 Å². The summed E-state index contributed by atoms with van der Waals surface area (Å²) >= 11 is 4.62. The Morgan fingerprint density at radius 1 is 1.25 bits per heavy atom. The molecule has 2 fully saturated rings. The summed E-state index contributed by atoms with van der Waals surface area (Å²) in [5.74, 6) is 2.11. The molecule has 20 heavy (non-hydrogen) atoms. The fourth-order valence-corrected chi connectivity index (χ4v) is 4.45. The molecule has 1 atom stereocenters. The van der Waals surface area contributed by atoms with E-state index in [-0.39, 0.29) is 0 Å². The van der Waals surface area contributed by atoms with Gasteiger partial charge in [0.1, 0.15) is 0 Å². The summed E-state index contributed by atoms with van der Waals surface area (Å²) in [5.41, 5.74) is 0.307. The third kappa shape index (κ3) is 4.16. The molecule has 2 nitrogen and oxygen atoms in total. The van der Waals surface area contributed by atoms with Gasteiger partial charge in [-0.2, -0.15) is 12.6 Å². The van der Waals surface area contributed by atoms with Crippen LogP contribution in [0.5, 0.6) is 0 Å². The average Bonchev–Trinajstić information content (AvgIpc) is 2.64. The van der Waals surface area contributed by atoms with Crippen LogP contribution in [0.3, 0.4) is 0 Å². The highest BCUT2D eigenvalue weighted by Gasteiger charge is 2.35. The summed E-state index contributed by atoms with van der Waals surface area (Å²) in [7, 11) is 0. The Morgan fingerprint density at radius 3 is 2.65 bits per heavy atom. The van der Waals surface area contributed by atoms with Crippen LogP contribution in [0, 0.1) is 11.3 Å². The minimum Gasteiger partial charge on any atom is -0.342 e. The Balaban J connectivity index is 1.94. The second-order valence-corrected chi connectivity index (χ2v) is 7.33. The van der Waals surface area contributed by atoms with Gasteiger partial charge in [-0.3, -0.25) is 4.79 Å². The van der Waals surface area contributed by atoms with Gasteiger partial charge < -0.3 is 4.90 Å². The van der Waals surface area contributed by atoms with Crippen molar-refractivity contribution < 1.29 is 4.79 Å². The zero-order valence-electron chi connectivity index (χ0n) is 13.1. The molecule has 1 amide bonds. The quantitative estimate of drug-likeness (QED) is 0.750. The molecule has 1 saturated carbocycles. The normalized spacial score (nSPS) is 27.4. The van der Waals surface area contributed by atoms with Gasteiger partial charge in [-0.15, -0.1) is 0 Å². The topological polar surface area (TPSA) is 20.3 Å². The van der Waals surface area contributed by atoms with Gasteiger partial charge in [0.15, 0.2) is 0 Å². The number of amides is 1. The van der Waals surface area contributed by atoms with Crippen LogP contribution in [0.15, 0.2) is 0 Å². The van der Waals surface area contributed by atoms with Crippen molar-refractivity contribution in [1.82, 2.24) is 4.90 Å². The minimum atomic E-state index is 0.307. The lowest BCUT2D eigenvalue weighted by Crippen LogP contribution is -2.43. The fourth-order valence-electron chi connectivity index (χ4n) is 4.03. The molecule has 1 unspecified atom stereocenters. The van der Waals surface area contributed by atoms with Crippen molar-refractivity contribution in [3.05, 3.63) is 0 Å². The molecule has 0 aromatic heterocycles. The molecule has 0 N–H and O–H groups in total. The summed E-state index contributed by atoms with van der Waals surface area (Å²) < 4.78 is 0. The number of carbonyl (C=O) groups excluding carboxylic acids is 1. The Labute approximate surface area is 130 Å². The van der Waals surface area contributed by atoms with E-state index in [1.807, 2.05) is 0 Å². The van der Waals surface area contributed by atoms with Crippen molar-refractivity contribution in [2.45, 2.75) is 71.1 Å². The predicted octanol–water partition coefficient (Wildman–Crippen LogP) is 4.30. The second kappa shape index (κ2) is 7.72. The molecule has 1 heterocycles. The summed E-state index contributed by atoms with van der Waals surface area (Å²) in [5, 5.41) is 0. The third-order valence-corrected chi connectivity index (χ3v) is 6.07. The van der Waals surface area contributed by atoms with Gasteiger partial charge in [-0.25, -0.2) is 0 Å². The van der Waals surface area contributed by atoms with Crippen molar-refractivity contribution in [2.75, 3.05) is 18.8 Å². The predicted molar refractivity (Wildman–Crippen MR) is 88.2 cm³/mol. The molecule has 2 rings (SSSR count). The highest BCUT2D eigenvalue weighted by molar-refractivity contribution is 7.80. The van der Waals surface area contributed by atoms with E-state index in [1.54, 1.807) is 0 Å². The first kappa shape index (κ1) is 16.2. The molecule has 1 aliphatic heterocycles. The lowest BCUT2D eigenvalue weighted by atomic mass is 9.75. The number of likely N-dealkylation sites (tertiary alicyclic amines) is 1. The van der Waals surface area contributed by atoms with E-state index in [4.69, 9.17) is 0 Å². The van der Waals surface area contributed by atoms with Gasteiger partial charge in [0.05, 0.1) is 0 Å². The molecule has 0 radical (unpaired) electrons. The van der Waals surface area contributed by atoms with Crippen LogP contribution >= 0.6 is 12.6 Å². The molecular formula is C17H31NOS. The van der Waals surface area contributed by atoms with E-state index < -0.39 is 0 Å². The van der Waals surface area contributed by atoms with E-state index in [0.717, 1.165) is 37.6 Å². The highest BCUT2D eigenvalue weighted by Crippen LogP contribution is 2.38. The number of carbonyl (C=O) groups is 1. The number of nitrogens with zero attached hydrogens (tertiary/aromatic N) is 1. The fraction of sp³-hybridized carbons (Fsp3) is 0.941. The highest BCUT2D eigenvalue weighted by atomic mass is 32.1. The Kier molecular flexibility index (Phi) is 6.25. The molecule has 0 aromatic carbocycles. The number of hydrogen-bond donors (Lipinski definition) is 1. The van der Waals surface area contributed by atoms with Crippen LogP contribution < -0.4 is 0 Å². The first-order chi connectivity index (χ1) is 9.69. The maximum Gasteiger partial charge on any atom is 0.222 e. The number of thiol groups is 1. The van der Waals surface area contributed by atoms with E-state index in [9.17, 15) is 4.79 Å². The van der Waals surface area contributed by atoms with Gasteiger partial charge in [-0.05, 0) is 42.8 Å². The Bertz CT molecular complexity index is 312. The maximum atomic E-state index is 12.4. The molecule has 116 valence electrons. The van der Waals surface area contributed by atoms with Crippen molar-refractivity contribution in [1.29, 1.82) is 0 Å². The molecule has 3 heteroatoms. The van der Waals surface area contributed by atoms with Crippen LogP contribution in [0.4, 0.5) is 0 Å². The van der Waals surface area contributed by atoms with Crippen LogP contribution in [0.1, 0.15) is 71.1 Å². The van der Waals surface area contributed by atoms with E-state index >= 15 is 0 Å². The van der Waals surface area contributed by atoms with E-state index in [1.165, 1.54) is 51.4 Å². The Hall–Kier alpha value is -0.180. The smallest absolute Gasteiger partial charge is 0.222 e. The largest absolute Gasteiger partial charge is 0.342 e. The average molecular weight is 298 g/mol. The van der Waals surface area contributed by atoms with Gasteiger partial charge in [0.25, 0.3) is 0 Å². The summed E-state index contributed by atoms with van der Waals surface area (Å²) in [6, 6.07) is 0. The van der Waals surface area contributed by atoms with Crippen LogP contribution in [-0.4, -0.2) is 29.6 Å². The zero-order valence-corrected chi connectivity index (χ0v) is 14.0. The molecule has 1 saturated heterocycles. The number of rotatable bonds is 5. The summed E-state index contributed by atoms with van der Waals surface area (Å²) in [6.45, 7) is 4.20. The monoisotopic (exact) mass is 297 g/mol. The molecule has 1 aliphatic carbocycles. The molecular weight excluding hydrogens is 266 g/mol. The van der Waals surface area contributed by atoms with Crippen molar-refractivity contribution in [2.24, 2.45) is 11.3 Å². The molecule has 2 aliphatic rings. The SMILES string of the molecule is CCCC1CCC(=O)N(CC2(CS)CCCCC2)CC1. The number of hydrogen-bond acceptors (Lipinski definition) is 2. The van der Waals surface area contributed by atoms with Gasteiger partial charge >= 0.3 is 0 Å². The lowest BCUT2D eigenvalue weighted by molar-refractivity contribution is -0.132. The molecule has 0 spiro atoms. The second-order valence-electron chi connectivity index (χ2n) is 7.02. The van der Waals surface area contributed by atoms with Gasteiger partial charge in [0.2, 0.25) is 5.91 Å². The van der Waals surface area contributed by atoms with Crippen LogP contribution in [0.25, 0.3) is 0 Å². The minimum absolute atomic E-state index is 0.307. The molecule has 0 bridgehead atoms. The van der Waals surface area contributed by atoms with E-state index in [0.29, 0.717) is 11.3 Å². The maximum absolute atomic E-state index is 12.4. The van der Waals surface area contributed by atoms with Crippen molar-refractivity contribution >= 4 is 18.5 Å². The zero-order chi connectivity index (χ0) is 14.4. The first-order valence-electron chi connectivity index (χ1n) is 8.58. The van der Waals surface area contributed by atoms with Crippen LogP contribution in [-0.2, 0) is 4.79 Å².